The molecule has 1 aliphatic rings. The second-order valence-electron chi connectivity index (χ2n) is 7.76. The molecule has 30 heavy (non-hydrogen) atoms. The van der Waals surface area contributed by atoms with Gasteiger partial charge in [-0.1, -0.05) is 17.7 Å². The summed E-state index contributed by atoms with van der Waals surface area (Å²) < 4.78 is 0. The molecule has 1 aliphatic heterocycles. The van der Waals surface area contributed by atoms with Crippen molar-refractivity contribution in [2.24, 2.45) is 0 Å². The van der Waals surface area contributed by atoms with Crippen LogP contribution in [0.1, 0.15) is 40.9 Å². The Morgan fingerprint density at radius 3 is 2.23 bits per heavy atom. The van der Waals surface area contributed by atoms with Gasteiger partial charge in [-0.3, -0.25) is 4.79 Å². The summed E-state index contributed by atoms with van der Waals surface area (Å²) in [7, 11) is 0. The van der Waals surface area contributed by atoms with Crippen molar-refractivity contribution in [3.63, 3.8) is 0 Å². The van der Waals surface area contributed by atoms with E-state index in [2.05, 4.69) is 20.5 Å². The summed E-state index contributed by atoms with van der Waals surface area (Å²) in [5.41, 5.74) is 4.32. The van der Waals surface area contributed by atoms with Crippen LogP contribution in [0.15, 0.2) is 54.6 Å². The maximum Gasteiger partial charge on any atom is 0.255 e. The van der Waals surface area contributed by atoms with Gasteiger partial charge in [0.05, 0.1) is 0 Å². The van der Waals surface area contributed by atoms with Gasteiger partial charge in [0.25, 0.3) is 5.91 Å². The molecule has 1 fully saturated rings. The van der Waals surface area contributed by atoms with E-state index in [1.807, 2.05) is 68.4 Å². The van der Waals surface area contributed by atoms with Crippen LogP contribution >= 0.6 is 0 Å². The van der Waals surface area contributed by atoms with E-state index in [-0.39, 0.29) is 5.91 Å². The minimum Gasteiger partial charge on any atom is -0.356 e. The number of hydrogen-bond acceptors (Lipinski definition) is 5. The van der Waals surface area contributed by atoms with Crippen molar-refractivity contribution in [3.05, 3.63) is 71.4 Å². The Balaban J connectivity index is 1.42. The van der Waals surface area contributed by atoms with Crippen molar-refractivity contribution in [3.8, 4) is 0 Å². The molecule has 0 atom stereocenters. The smallest absolute Gasteiger partial charge is 0.255 e. The molecular formula is C24H27N5O. The third-order valence-electron chi connectivity index (χ3n) is 5.23. The third kappa shape index (κ3) is 4.95. The van der Waals surface area contributed by atoms with E-state index in [9.17, 15) is 4.79 Å². The third-order valence-corrected chi connectivity index (χ3v) is 5.23. The van der Waals surface area contributed by atoms with Gasteiger partial charge in [-0.25, -0.2) is 4.98 Å². The number of piperidine rings is 1. The first-order chi connectivity index (χ1) is 14.6. The molecule has 1 amide bonds. The van der Waals surface area contributed by atoms with E-state index < -0.39 is 0 Å². The fourth-order valence-electron chi connectivity index (χ4n) is 3.57. The summed E-state index contributed by atoms with van der Waals surface area (Å²) in [5, 5.41) is 6.21. The lowest BCUT2D eigenvalue weighted by molar-refractivity contribution is 0.102. The Morgan fingerprint density at radius 1 is 0.867 bits per heavy atom. The lowest BCUT2D eigenvalue weighted by Crippen LogP contribution is -2.30. The van der Waals surface area contributed by atoms with Crippen molar-refractivity contribution in [2.75, 3.05) is 28.6 Å². The molecule has 1 saturated heterocycles. The van der Waals surface area contributed by atoms with E-state index in [0.29, 0.717) is 11.5 Å². The van der Waals surface area contributed by atoms with E-state index in [1.165, 1.54) is 19.3 Å². The average molecular weight is 402 g/mol. The van der Waals surface area contributed by atoms with Crippen LogP contribution in [0.4, 0.5) is 23.1 Å². The average Bonchev–Trinajstić information content (AvgIpc) is 2.76. The van der Waals surface area contributed by atoms with Crippen LogP contribution in [0.25, 0.3) is 0 Å². The number of aromatic nitrogens is 2. The standard InChI is InChI=1S/C24H27N5O/c1-17-6-8-19(9-7-17)23(30)26-20-10-12-21(13-11-20)27-24-25-18(2)16-22(28-24)29-14-4-3-5-15-29/h6-13,16H,3-5,14-15H2,1-2H3,(H,26,30)(H,25,27,28). The molecule has 2 heterocycles. The summed E-state index contributed by atoms with van der Waals surface area (Å²) in [6, 6.07) is 17.1. The summed E-state index contributed by atoms with van der Waals surface area (Å²) >= 11 is 0. The summed E-state index contributed by atoms with van der Waals surface area (Å²) in [6.07, 6.45) is 3.71. The summed E-state index contributed by atoms with van der Waals surface area (Å²) in [4.78, 5) is 23.9. The zero-order valence-electron chi connectivity index (χ0n) is 17.5. The Hall–Kier alpha value is -3.41. The predicted molar refractivity (Wildman–Crippen MR) is 122 cm³/mol. The Labute approximate surface area is 177 Å². The summed E-state index contributed by atoms with van der Waals surface area (Å²) in [5.74, 6) is 1.45. The number of nitrogens with zero attached hydrogens (tertiary/aromatic N) is 3. The van der Waals surface area contributed by atoms with Gasteiger partial charge in [0.2, 0.25) is 5.95 Å². The normalized spacial score (nSPS) is 13.7. The molecule has 1 aromatic heterocycles. The first-order valence-electron chi connectivity index (χ1n) is 10.4. The zero-order chi connectivity index (χ0) is 20.9. The molecule has 4 rings (SSSR count). The zero-order valence-corrected chi connectivity index (χ0v) is 17.5. The number of carbonyl (C=O) groups excluding carboxylic acids is 1. The molecule has 0 bridgehead atoms. The molecule has 0 aliphatic carbocycles. The highest BCUT2D eigenvalue weighted by Gasteiger charge is 2.14. The minimum atomic E-state index is -0.121. The number of rotatable bonds is 5. The predicted octanol–water partition coefficient (Wildman–Crippen LogP) is 5.08. The molecule has 2 N–H and O–H groups in total. The Kier molecular flexibility index (Phi) is 5.93. The molecule has 6 nitrogen and oxygen atoms in total. The maximum atomic E-state index is 12.4. The molecule has 2 aromatic carbocycles. The lowest BCUT2D eigenvalue weighted by Gasteiger charge is -2.28. The molecule has 3 aromatic rings. The van der Waals surface area contributed by atoms with Crippen LogP contribution in [0.3, 0.4) is 0 Å². The van der Waals surface area contributed by atoms with Crippen LogP contribution in [0.5, 0.6) is 0 Å². The maximum absolute atomic E-state index is 12.4. The van der Waals surface area contributed by atoms with Crippen molar-refractivity contribution in [1.82, 2.24) is 9.97 Å². The van der Waals surface area contributed by atoms with E-state index >= 15 is 0 Å². The number of nitrogens with one attached hydrogen (secondary N) is 2. The van der Waals surface area contributed by atoms with E-state index in [0.717, 1.165) is 41.5 Å². The minimum absolute atomic E-state index is 0.121. The van der Waals surface area contributed by atoms with Crippen LogP contribution in [-0.2, 0) is 0 Å². The number of hydrogen-bond donors (Lipinski definition) is 2. The highest BCUT2D eigenvalue weighted by atomic mass is 16.1. The van der Waals surface area contributed by atoms with Gasteiger partial charge in [-0.15, -0.1) is 0 Å². The SMILES string of the molecule is Cc1ccc(C(=O)Nc2ccc(Nc3nc(C)cc(N4CCCCC4)n3)cc2)cc1. The van der Waals surface area contributed by atoms with E-state index in [1.54, 1.807) is 0 Å². The van der Waals surface area contributed by atoms with Crippen LogP contribution in [0, 0.1) is 13.8 Å². The molecule has 0 radical (unpaired) electrons. The van der Waals surface area contributed by atoms with Crippen molar-refractivity contribution in [1.29, 1.82) is 0 Å². The van der Waals surface area contributed by atoms with Crippen molar-refractivity contribution in [2.45, 2.75) is 33.1 Å². The topological polar surface area (TPSA) is 70.2 Å². The van der Waals surface area contributed by atoms with E-state index in [4.69, 9.17) is 4.98 Å². The van der Waals surface area contributed by atoms with Gasteiger partial charge in [0.15, 0.2) is 0 Å². The van der Waals surface area contributed by atoms with Gasteiger partial charge in [-0.2, -0.15) is 4.98 Å². The molecule has 6 heteroatoms. The number of aryl methyl sites for hydroxylation is 2. The van der Waals surface area contributed by atoms with Crippen LogP contribution in [0.2, 0.25) is 0 Å². The fraction of sp³-hybridized carbons (Fsp3) is 0.292. The second-order valence-corrected chi connectivity index (χ2v) is 7.76. The van der Waals surface area contributed by atoms with Gasteiger partial charge < -0.3 is 15.5 Å². The van der Waals surface area contributed by atoms with Crippen molar-refractivity contribution >= 4 is 29.0 Å². The second kappa shape index (κ2) is 8.95. The summed E-state index contributed by atoms with van der Waals surface area (Å²) in [6.45, 7) is 6.08. The van der Waals surface area contributed by atoms with Crippen LogP contribution < -0.4 is 15.5 Å². The molecule has 0 unspecified atom stereocenters. The number of carbonyl (C=O) groups is 1. The fourth-order valence-corrected chi connectivity index (χ4v) is 3.57. The largest absolute Gasteiger partial charge is 0.356 e. The number of amides is 1. The molecule has 0 saturated carbocycles. The van der Waals surface area contributed by atoms with Crippen LogP contribution in [-0.4, -0.2) is 29.0 Å². The molecular weight excluding hydrogens is 374 g/mol. The van der Waals surface area contributed by atoms with Gasteiger partial charge >= 0.3 is 0 Å². The molecule has 154 valence electrons. The lowest BCUT2D eigenvalue weighted by atomic mass is 10.1. The van der Waals surface area contributed by atoms with Gasteiger partial charge in [-0.05, 0) is 69.5 Å². The quantitative estimate of drug-likeness (QED) is 0.624. The molecule has 0 spiro atoms. The monoisotopic (exact) mass is 401 g/mol. The highest BCUT2D eigenvalue weighted by molar-refractivity contribution is 6.04. The van der Waals surface area contributed by atoms with Gasteiger partial charge in [0, 0.05) is 41.8 Å². The first-order valence-corrected chi connectivity index (χ1v) is 10.4. The van der Waals surface area contributed by atoms with Gasteiger partial charge in [0.1, 0.15) is 5.82 Å². The number of anilines is 4. The first kappa shape index (κ1) is 19.9. The Bertz CT molecular complexity index is 1010. The van der Waals surface area contributed by atoms with Crippen molar-refractivity contribution < 1.29 is 4.79 Å². The number of benzene rings is 2. The highest BCUT2D eigenvalue weighted by Crippen LogP contribution is 2.22. The Morgan fingerprint density at radius 2 is 1.53 bits per heavy atom.